The fraction of sp³-hybridized carbons (Fsp3) is 0.571. The summed E-state index contributed by atoms with van der Waals surface area (Å²) in [6.07, 6.45) is 0. The molecule has 0 atom stereocenters. The van der Waals surface area contributed by atoms with Crippen LogP contribution >= 0.6 is 0 Å². The van der Waals surface area contributed by atoms with Crippen LogP contribution in [-0.2, 0) is 0 Å². The van der Waals surface area contributed by atoms with Crippen molar-refractivity contribution in [1.29, 1.82) is 5.41 Å². The summed E-state index contributed by atoms with van der Waals surface area (Å²) in [6, 6.07) is 0. The van der Waals surface area contributed by atoms with Crippen LogP contribution < -0.4 is 0 Å². The lowest BCUT2D eigenvalue weighted by molar-refractivity contribution is 1.41. The zero-order valence-electron chi connectivity index (χ0n) is 6.89. The van der Waals surface area contributed by atoms with E-state index in [1.807, 2.05) is 0 Å². The van der Waals surface area contributed by atoms with Gasteiger partial charge in [0.15, 0.2) is 0 Å². The maximum atomic E-state index is 7.44. The zero-order chi connectivity index (χ0) is 8.15. The summed E-state index contributed by atoms with van der Waals surface area (Å²) in [5.41, 5.74) is 1.87. The molecule has 0 bridgehead atoms. The van der Waals surface area contributed by atoms with Gasteiger partial charge < -0.3 is 0 Å². The third kappa shape index (κ3) is 2.09. The molecule has 0 heterocycles. The van der Waals surface area contributed by atoms with Gasteiger partial charge >= 0.3 is 0 Å². The maximum Gasteiger partial charge on any atom is 0.0954 e. The lowest BCUT2D eigenvalue weighted by Crippen LogP contribution is -2.17. The van der Waals surface area contributed by atoms with E-state index in [1.54, 1.807) is 27.9 Å². The van der Waals surface area contributed by atoms with Crippen molar-refractivity contribution in [2.75, 3.05) is 14.1 Å². The molecule has 0 aliphatic heterocycles. The second-order valence-corrected chi connectivity index (χ2v) is 1.99. The van der Waals surface area contributed by atoms with Crippen LogP contribution in [0.3, 0.4) is 0 Å². The van der Waals surface area contributed by atoms with Crippen molar-refractivity contribution in [3.05, 3.63) is 0 Å². The van der Waals surface area contributed by atoms with E-state index >= 15 is 0 Å². The molecule has 0 rings (SSSR count). The van der Waals surface area contributed by atoms with Gasteiger partial charge in [-0.1, -0.05) is 0 Å². The average molecular weight is 139 g/mol. The monoisotopic (exact) mass is 139 g/mol. The molecule has 0 fully saturated rings. The first kappa shape index (κ1) is 9.01. The number of hydrogen-bond acceptors (Lipinski definition) is 3. The highest BCUT2D eigenvalue weighted by molar-refractivity contribution is 6.66. The fourth-order valence-corrected chi connectivity index (χ4v) is 0.485. The summed E-state index contributed by atoms with van der Waals surface area (Å²) >= 11 is 0. The van der Waals surface area contributed by atoms with Crippen LogP contribution in [0.1, 0.15) is 13.8 Å². The van der Waals surface area contributed by atoms with E-state index in [-0.39, 0.29) is 0 Å². The van der Waals surface area contributed by atoms with Gasteiger partial charge in [0, 0.05) is 14.1 Å². The Morgan fingerprint density at radius 2 is 1.30 bits per heavy atom. The Balaban J connectivity index is 4.39. The van der Waals surface area contributed by atoms with Crippen LogP contribution in [0.15, 0.2) is 9.98 Å². The predicted molar refractivity (Wildman–Crippen MR) is 45.8 cm³/mol. The van der Waals surface area contributed by atoms with Gasteiger partial charge in [-0.3, -0.25) is 15.4 Å². The van der Waals surface area contributed by atoms with E-state index in [4.69, 9.17) is 5.41 Å². The Labute approximate surface area is 61.4 Å². The van der Waals surface area contributed by atoms with Crippen molar-refractivity contribution in [2.24, 2.45) is 9.98 Å². The van der Waals surface area contributed by atoms with Crippen molar-refractivity contribution >= 4 is 17.1 Å². The van der Waals surface area contributed by atoms with Gasteiger partial charge in [0.2, 0.25) is 0 Å². The summed E-state index contributed by atoms with van der Waals surface area (Å²) in [5.74, 6) is 0. The summed E-state index contributed by atoms with van der Waals surface area (Å²) in [4.78, 5) is 7.74. The molecular weight excluding hydrogens is 126 g/mol. The first-order valence-electron chi connectivity index (χ1n) is 3.09. The summed E-state index contributed by atoms with van der Waals surface area (Å²) in [6.45, 7) is 3.61. The smallest absolute Gasteiger partial charge is 0.0954 e. The molecule has 1 N–H and O–H groups in total. The molecule has 0 unspecified atom stereocenters. The van der Waals surface area contributed by atoms with Crippen LogP contribution in [-0.4, -0.2) is 31.2 Å². The molecule has 0 saturated carbocycles. The highest BCUT2D eigenvalue weighted by atomic mass is 14.7. The molecule has 0 aromatic heterocycles. The molecule has 10 heavy (non-hydrogen) atoms. The predicted octanol–water partition coefficient (Wildman–Crippen LogP) is 1.19. The van der Waals surface area contributed by atoms with Crippen molar-refractivity contribution in [2.45, 2.75) is 13.8 Å². The number of rotatable bonds is 2. The molecule has 0 aromatic carbocycles. The first-order valence-corrected chi connectivity index (χ1v) is 3.09. The Kier molecular flexibility index (Phi) is 3.54. The van der Waals surface area contributed by atoms with Crippen LogP contribution in [0.5, 0.6) is 0 Å². The van der Waals surface area contributed by atoms with Crippen LogP contribution in [0.4, 0.5) is 0 Å². The third-order valence-electron chi connectivity index (χ3n) is 1.39. The molecule has 0 radical (unpaired) electrons. The second-order valence-electron chi connectivity index (χ2n) is 1.99. The lowest BCUT2D eigenvalue weighted by Gasteiger charge is -1.99. The Morgan fingerprint density at radius 1 is 1.00 bits per heavy atom. The molecule has 3 nitrogen and oxygen atoms in total. The van der Waals surface area contributed by atoms with Gasteiger partial charge in [-0.05, 0) is 13.8 Å². The standard InChI is InChI=1S/C7H13N3/c1-5(9-3)7(8)6(2)10-4/h8H,1-4H3. The number of aliphatic imine (C=N–C) groups is 2. The Hall–Kier alpha value is -0.990. The van der Waals surface area contributed by atoms with E-state index in [0.29, 0.717) is 5.71 Å². The van der Waals surface area contributed by atoms with Gasteiger partial charge in [0.05, 0.1) is 17.1 Å². The van der Waals surface area contributed by atoms with E-state index in [2.05, 4.69) is 9.98 Å². The fourth-order valence-electron chi connectivity index (χ4n) is 0.485. The molecule has 56 valence electrons. The molecule has 0 aromatic rings. The van der Waals surface area contributed by atoms with Gasteiger partial charge in [-0.25, -0.2) is 0 Å². The third-order valence-corrected chi connectivity index (χ3v) is 1.39. The van der Waals surface area contributed by atoms with E-state index < -0.39 is 0 Å². The van der Waals surface area contributed by atoms with Gasteiger partial charge in [0.25, 0.3) is 0 Å². The molecule has 0 aliphatic carbocycles. The number of nitrogens with zero attached hydrogens (tertiary/aromatic N) is 2. The summed E-state index contributed by atoms with van der Waals surface area (Å²) < 4.78 is 0. The molecule has 0 amide bonds. The highest BCUT2D eigenvalue weighted by Crippen LogP contribution is 1.84. The van der Waals surface area contributed by atoms with Gasteiger partial charge in [-0.2, -0.15) is 0 Å². The van der Waals surface area contributed by atoms with Crippen molar-refractivity contribution in [1.82, 2.24) is 0 Å². The number of hydrogen-bond donors (Lipinski definition) is 1. The highest BCUT2D eigenvalue weighted by Gasteiger charge is 2.01. The van der Waals surface area contributed by atoms with Crippen molar-refractivity contribution < 1.29 is 0 Å². The maximum absolute atomic E-state index is 7.44. The topological polar surface area (TPSA) is 48.6 Å². The summed E-state index contributed by atoms with van der Waals surface area (Å²) in [7, 11) is 3.35. The van der Waals surface area contributed by atoms with E-state index in [9.17, 15) is 0 Å². The average Bonchev–Trinajstić information content (AvgIpc) is 2.00. The van der Waals surface area contributed by atoms with E-state index in [0.717, 1.165) is 11.4 Å². The van der Waals surface area contributed by atoms with Gasteiger partial charge in [0.1, 0.15) is 0 Å². The van der Waals surface area contributed by atoms with Crippen molar-refractivity contribution in [3.63, 3.8) is 0 Å². The number of nitrogens with one attached hydrogen (secondary N) is 1. The Bertz CT molecular complexity index is 169. The second kappa shape index (κ2) is 3.93. The molecular formula is C7H13N3. The summed E-state index contributed by atoms with van der Waals surface area (Å²) in [5, 5.41) is 7.44. The molecule has 0 aliphatic rings. The zero-order valence-corrected chi connectivity index (χ0v) is 6.89. The lowest BCUT2D eigenvalue weighted by atomic mass is 10.2. The SMILES string of the molecule is CN=C(C)C(=N)C(C)=NC. The van der Waals surface area contributed by atoms with Crippen LogP contribution in [0.25, 0.3) is 0 Å². The minimum atomic E-state index is 0.421. The van der Waals surface area contributed by atoms with Gasteiger partial charge in [-0.15, -0.1) is 0 Å². The molecule has 0 spiro atoms. The first-order chi connectivity index (χ1) is 4.63. The van der Waals surface area contributed by atoms with Crippen LogP contribution in [0, 0.1) is 5.41 Å². The molecule has 3 heteroatoms. The largest absolute Gasteiger partial charge is 0.297 e. The Morgan fingerprint density at radius 3 is 1.50 bits per heavy atom. The minimum Gasteiger partial charge on any atom is -0.297 e. The normalized spacial score (nSPS) is 13.6. The van der Waals surface area contributed by atoms with Crippen molar-refractivity contribution in [3.8, 4) is 0 Å². The minimum absolute atomic E-state index is 0.421. The van der Waals surface area contributed by atoms with E-state index in [1.165, 1.54) is 0 Å². The quantitative estimate of drug-likeness (QED) is 0.559. The molecule has 0 saturated heterocycles. The van der Waals surface area contributed by atoms with Crippen LogP contribution in [0.2, 0.25) is 0 Å².